The number of benzene rings is 3. The third-order valence-electron chi connectivity index (χ3n) is 4.24. The highest BCUT2D eigenvalue weighted by Gasteiger charge is 2.08. The number of carbonyl (C=O) groups excluding carboxylic acids is 1. The van der Waals surface area contributed by atoms with Crippen LogP contribution in [0.1, 0.15) is 30.5 Å². The van der Waals surface area contributed by atoms with Gasteiger partial charge in [-0.25, -0.2) is 0 Å². The normalized spacial score (nSPS) is 9.63. The van der Waals surface area contributed by atoms with E-state index >= 15 is 0 Å². The maximum atomic E-state index is 9.20. The summed E-state index contributed by atoms with van der Waals surface area (Å²) in [7, 11) is 1.72. The summed E-state index contributed by atoms with van der Waals surface area (Å²) in [5, 5.41) is 9.20. The van der Waals surface area contributed by atoms with Crippen molar-refractivity contribution in [3.05, 3.63) is 95.6 Å². The zero-order chi connectivity index (χ0) is 22.5. The Morgan fingerprint density at radius 2 is 1.37 bits per heavy atom. The molecule has 0 bridgehead atoms. The maximum absolute atomic E-state index is 9.20. The summed E-state index contributed by atoms with van der Waals surface area (Å²) in [6.07, 6.45) is 0. The lowest BCUT2D eigenvalue weighted by molar-refractivity contribution is -0.0979. The summed E-state index contributed by atoms with van der Waals surface area (Å²) in [6, 6.07) is 23.1. The first-order valence-electron chi connectivity index (χ1n) is 9.74. The zero-order valence-electron chi connectivity index (χ0n) is 18.4. The van der Waals surface area contributed by atoms with E-state index in [9.17, 15) is 5.11 Å². The van der Waals surface area contributed by atoms with E-state index in [1.807, 2.05) is 44.9 Å². The van der Waals surface area contributed by atoms with Gasteiger partial charge in [-0.2, -0.15) is 0 Å². The number of carbonyl (C=O) groups is 1. The van der Waals surface area contributed by atoms with Gasteiger partial charge in [0.15, 0.2) is 0 Å². The van der Waals surface area contributed by atoms with Gasteiger partial charge in [0.2, 0.25) is 0 Å². The van der Waals surface area contributed by atoms with Crippen LogP contribution in [0.25, 0.3) is 22.3 Å². The topological polar surface area (TPSA) is 46.5 Å². The number of aryl methyl sites for hydroxylation is 1. The molecule has 0 saturated heterocycles. The molecule has 3 aromatic carbocycles. The van der Waals surface area contributed by atoms with Crippen molar-refractivity contribution in [3.63, 3.8) is 0 Å². The Hall–Kier alpha value is -3.01. The molecule has 0 unspecified atom stereocenters. The van der Waals surface area contributed by atoms with Gasteiger partial charge in [0.25, 0.3) is 0 Å². The molecule has 3 rings (SSSR count). The molecular weight excluding hydrogens is 372 g/mol. The van der Waals surface area contributed by atoms with Crippen LogP contribution in [0.2, 0.25) is 0 Å². The second-order valence-electron chi connectivity index (χ2n) is 7.23. The van der Waals surface area contributed by atoms with E-state index in [1.54, 1.807) is 7.11 Å². The second-order valence-corrected chi connectivity index (χ2v) is 7.23. The smallest absolute Gasteiger partial charge is 0.106 e. The van der Waals surface area contributed by atoms with Crippen LogP contribution < -0.4 is 0 Å². The third kappa shape index (κ3) is 7.78. The summed E-state index contributed by atoms with van der Waals surface area (Å²) < 4.78 is 5.40. The number of ether oxygens (including phenoxy) is 1. The molecule has 0 atom stereocenters. The Balaban J connectivity index is 0.000000673. The molecule has 158 valence electrons. The Morgan fingerprint density at radius 1 is 0.867 bits per heavy atom. The van der Waals surface area contributed by atoms with E-state index in [0.717, 1.165) is 22.3 Å². The highest BCUT2D eigenvalue weighted by atomic mass is 16.5. The van der Waals surface area contributed by atoms with Crippen molar-refractivity contribution in [1.82, 2.24) is 0 Å². The van der Waals surface area contributed by atoms with Crippen LogP contribution in [0, 0.1) is 6.92 Å². The summed E-state index contributed by atoms with van der Waals surface area (Å²) in [4.78, 5) is 8.00. The van der Waals surface area contributed by atoms with Crippen LogP contribution in [0.15, 0.2) is 78.9 Å². The zero-order valence-corrected chi connectivity index (χ0v) is 18.4. The number of aliphatic hydroxyl groups is 1. The molecule has 0 aliphatic carbocycles. The largest absolute Gasteiger partial charge is 0.392 e. The summed E-state index contributed by atoms with van der Waals surface area (Å²) in [5.41, 5.74) is 9.21. The molecule has 0 aromatic heterocycles. The Kier molecular flexibility index (Phi) is 11.1. The van der Waals surface area contributed by atoms with Gasteiger partial charge in [-0.1, -0.05) is 71.8 Å². The lowest BCUT2D eigenvalue weighted by Crippen LogP contribution is -1.94. The molecule has 30 heavy (non-hydrogen) atoms. The van der Waals surface area contributed by atoms with Gasteiger partial charge < -0.3 is 14.6 Å². The SMILES string of the molecule is C=C(C)C.C=O.COCc1cc(-c2ccc(C)cc2)ccc1-c1ccc(CO)cc1. The van der Waals surface area contributed by atoms with E-state index in [1.165, 1.54) is 22.3 Å². The second kappa shape index (κ2) is 13.3. The summed E-state index contributed by atoms with van der Waals surface area (Å²) in [6.45, 7) is 12.2. The monoisotopic (exact) mass is 404 g/mol. The Morgan fingerprint density at radius 3 is 1.87 bits per heavy atom. The molecule has 3 aromatic rings. The first kappa shape index (κ1) is 25.0. The molecule has 3 heteroatoms. The average molecular weight is 405 g/mol. The predicted molar refractivity (Wildman–Crippen MR) is 126 cm³/mol. The van der Waals surface area contributed by atoms with Crippen molar-refractivity contribution in [2.24, 2.45) is 0 Å². The van der Waals surface area contributed by atoms with Crippen molar-refractivity contribution in [2.75, 3.05) is 7.11 Å². The van der Waals surface area contributed by atoms with Gasteiger partial charge in [0.1, 0.15) is 6.79 Å². The number of allylic oxidation sites excluding steroid dienone is 1. The highest BCUT2D eigenvalue weighted by Crippen LogP contribution is 2.30. The van der Waals surface area contributed by atoms with Crippen LogP contribution in [-0.4, -0.2) is 19.0 Å². The van der Waals surface area contributed by atoms with E-state index in [2.05, 4.69) is 56.0 Å². The van der Waals surface area contributed by atoms with Crippen molar-refractivity contribution in [3.8, 4) is 22.3 Å². The molecular formula is C27H32O3. The minimum absolute atomic E-state index is 0.0670. The lowest BCUT2D eigenvalue weighted by Gasteiger charge is -2.13. The molecule has 0 saturated carbocycles. The predicted octanol–water partition coefficient (Wildman–Crippen LogP) is 6.37. The van der Waals surface area contributed by atoms with Crippen LogP contribution in [0.3, 0.4) is 0 Å². The fourth-order valence-electron chi connectivity index (χ4n) is 2.87. The van der Waals surface area contributed by atoms with Crippen LogP contribution in [0.4, 0.5) is 0 Å². The Bertz CT molecular complexity index is 906. The molecule has 0 heterocycles. The minimum Gasteiger partial charge on any atom is -0.392 e. The van der Waals surface area contributed by atoms with Gasteiger partial charge in [-0.3, -0.25) is 0 Å². The van der Waals surface area contributed by atoms with E-state index < -0.39 is 0 Å². The van der Waals surface area contributed by atoms with Crippen LogP contribution in [-0.2, 0) is 22.7 Å². The van der Waals surface area contributed by atoms with Crippen molar-refractivity contribution >= 4 is 6.79 Å². The molecule has 0 aliphatic heterocycles. The van der Waals surface area contributed by atoms with E-state index in [-0.39, 0.29) is 6.61 Å². The fourth-order valence-corrected chi connectivity index (χ4v) is 2.87. The lowest BCUT2D eigenvalue weighted by atomic mass is 9.94. The summed E-state index contributed by atoms with van der Waals surface area (Å²) in [5.74, 6) is 0. The highest BCUT2D eigenvalue weighted by molar-refractivity contribution is 5.74. The first-order valence-corrected chi connectivity index (χ1v) is 9.74. The quantitative estimate of drug-likeness (QED) is 0.503. The van der Waals surface area contributed by atoms with Crippen molar-refractivity contribution < 1.29 is 14.6 Å². The first-order chi connectivity index (χ1) is 14.4. The van der Waals surface area contributed by atoms with Gasteiger partial charge in [-0.05, 0) is 60.2 Å². The van der Waals surface area contributed by atoms with Crippen molar-refractivity contribution in [2.45, 2.75) is 34.0 Å². The van der Waals surface area contributed by atoms with Crippen LogP contribution in [0.5, 0.6) is 0 Å². The molecule has 0 spiro atoms. The maximum Gasteiger partial charge on any atom is 0.106 e. The molecule has 3 nitrogen and oxygen atoms in total. The number of rotatable bonds is 5. The number of hydrogen-bond donors (Lipinski definition) is 1. The number of methoxy groups -OCH3 is 1. The minimum atomic E-state index is 0.0670. The molecule has 1 N–H and O–H groups in total. The molecule has 0 radical (unpaired) electrons. The van der Waals surface area contributed by atoms with Gasteiger partial charge in [-0.15, -0.1) is 6.58 Å². The van der Waals surface area contributed by atoms with Crippen LogP contribution >= 0.6 is 0 Å². The molecule has 0 amide bonds. The van der Waals surface area contributed by atoms with Gasteiger partial charge in [0, 0.05) is 7.11 Å². The molecule has 0 aliphatic rings. The number of aliphatic hydroxyl groups excluding tert-OH is 1. The Labute approximate surface area is 180 Å². The molecule has 0 fully saturated rings. The van der Waals surface area contributed by atoms with E-state index in [0.29, 0.717) is 6.61 Å². The average Bonchev–Trinajstić information content (AvgIpc) is 2.76. The van der Waals surface area contributed by atoms with Crippen molar-refractivity contribution in [1.29, 1.82) is 0 Å². The number of hydrogen-bond acceptors (Lipinski definition) is 3. The van der Waals surface area contributed by atoms with E-state index in [4.69, 9.17) is 9.53 Å². The van der Waals surface area contributed by atoms with Gasteiger partial charge >= 0.3 is 0 Å². The third-order valence-corrected chi connectivity index (χ3v) is 4.24. The standard InChI is InChI=1S/C22H22O2.C4H8.CH2O/c1-16-3-7-18(8-4-16)20-11-12-22(21(13-20)15-24-2)19-9-5-17(14-23)6-10-19;1-4(2)3;1-2/h3-13,23H,14-15H2,1-2H3;1H2,2-3H3;1H2. The fraction of sp³-hybridized carbons (Fsp3) is 0.222. The van der Waals surface area contributed by atoms with Gasteiger partial charge in [0.05, 0.1) is 13.2 Å². The summed E-state index contributed by atoms with van der Waals surface area (Å²) >= 11 is 0.